The van der Waals surface area contributed by atoms with Gasteiger partial charge in [-0.2, -0.15) is 0 Å². The Labute approximate surface area is 204 Å². The lowest BCUT2D eigenvalue weighted by atomic mass is 9.44. The number of hydrogen-bond acceptors (Lipinski definition) is 6. The summed E-state index contributed by atoms with van der Waals surface area (Å²) in [6.45, 7) is 9.52. The number of fused-ring (bicyclic) bond motifs is 5. The molecule has 0 bridgehead atoms. The van der Waals surface area contributed by atoms with E-state index < -0.39 is 0 Å². The van der Waals surface area contributed by atoms with Crippen LogP contribution in [0.25, 0.3) is 0 Å². The van der Waals surface area contributed by atoms with E-state index in [1.807, 2.05) is 0 Å². The van der Waals surface area contributed by atoms with Crippen LogP contribution in [-0.2, 0) is 28.6 Å². The van der Waals surface area contributed by atoms with E-state index >= 15 is 0 Å². The third-order valence-corrected chi connectivity index (χ3v) is 10.5. The number of carbonyl (C=O) groups is 3. The molecule has 4 aliphatic rings. The van der Waals surface area contributed by atoms with E-state index in [2.05, 4.69) is 13.8 Å². The van der Waals surface area contributed by atoms with E-state index in [9.17, 15) is 14.4 Å². The summed E-state index contributed by atoms with van der Waals surface area (Å²) in [6, 6.07) is 0. The third kappa shape index (κ3) is 4.88. The molecule has 4 aliphatic carbocycles. The molecule has 0 aromatic carbocycles. The van der Waals surface area contributed by atoms with Crippen LogP contribution in [0.5, 0.6) is 0 Å². The van der Waals surface area contributed by atoms with Crippen LogP contribution >= 0.6 is 0 Å². The van der Waals surface area contributed by atoms with Gasteiger partial charge < -0.3 is 14.2 Å². The molecule has 0 aromatic rings. The molecule has 6 nitrogen and oxygen atoms in total. The maximum atomic E-state index is 11.7. The van der Waals surface area contributed by atoms with Gasteiger partial charge in [-0.25, -0.2) is 0 Å². The van der Waals surface area contributed by atoms with Gasteiger partial charge in [0.1, 0.15) is 18.8 Å². The molecule has 4 rings (SSSR count). The largest absolute Gasteiger partial charge is 0.463 e. The number of hydrogen-bond donors (Lipinski definition) is 0. The van der Waals surface area contributed by atoms with Gasteiger partial charge in [-0.3, -0.25) is 14.4 Å². The smallest absolute Gasteiger partial charge is 0.303 e. The fraction of sp³-hybridized carbons (Fsp3) is 0.893. The highest BCUT2D eigenvalue weighted by atomic mass is 16.6. The van der Waals surface area contributed by atoms with E-state index in [1.54, 1.807) is 0 Å². The molecular weight excluding hydrogens is 432 g/mol. The molecule has 0 N–H and O–H groups in total. The topological polar surface area (TPSA) is 78.9 Å². The molecule has 4 fully saturated rings. The zero-order valence-electron chi connectivity index (χ0n) is 21.8. The second-order valence-corrected chi connectivity index (χ2v) is 12.3. The summed E-state index contributed by atoms with van der Waals surface area (Å²) < 4.78 is 16.4. The molecule has 6 heteroatoms. The number of rotatable bonds is 6. The van der Waals surface area contributed by atoms with Gasteiger partial charge >= 0.3 is 17.9 Å². The standard InChI is InChI=1S/C28H44O6/c1-17(29)32-16-23(34-19(3)31)15-21-7-9-25-24-8-6-20-14-22(33-18(2)30)10-12-27(20,4)26(24)11-13-28(21,25)5/h20-26H,6-16H2,1-5H3/t20-,21+,22-,23?,24-,25-,26-,27-,28+/m0/s1. The summed E-state index contributed by atoms with van der Waals surface area (Å²) >= 11 is 0. The predicted molar refractivity (Wildman–Crippen MR) is 128 cm³/mol. The quantitative estimate of drug-likeness (QED) is 0.374. The Kier molecular flexibility index (Phi) is 7.36. The van der Waals surface area contributed by atoms with Gasteiger partial charge in [0.2, 0.25) is 0 Å². The van der Waals surface area contributed by atoms with Crippen molar-refractivity contribution in [2.75, 3.05) is 6.61 Å². The summed E-state index contributed by atoms with van der Waals surface area (Å²) in [4.78, 5) is 34.5. The maximum Gasteiger partial charge on any atom is 0.303 e. The average Bonchev–Trinajstić information content (AvgIpc) is 3.07. The third-order valence-electron chi connectivity index (χ3n) is 10.5. The minimum Gasteiger partial charge on any atom is -0.463 e. The Morgan fingerprint density at radius 3 is 2.21 bits per heavy atom. The maximum absolute atomic E-state index is 11.7. The van der Waals surface area contributed by atoms with E-state index in [1.165, 1.54) is 59.3 Å². The van der Waals surface area contributed by atoms with E-state index in [0.717, 1.165) is 37.5 Å². The van der Waals surface area contributed by atoms with Gasteiger partial charge in [0.05, 0.1) is 0 Å². The van der Waals surface area contributed by atoms with Crippen molar-refractivity contribution in [3.05, 3.63) is 0 Å². The van der Waals surface area contributed by atoms with Crippen molar-refractivity contribution in [3.63, 3.8) is 0 Å². The van der Waals surface area contributed by atoms with Crippen LogP contribution in [0.2, 0.25) is 0 Å². The number of ether oxygens (including phenoxy) is 3. The predicted octanol–water partition coefficient (Wildman–Crippen LogP) is 5.46. The van der Waals surface area contributed by atoms with Gasteiger partial charge in [-0.1, -0.05) is 13.8 Å². The highest BCUT2D eigenvalue weighted by Gasteiger charge is 2.60. The lowest BCUT2D eigenvalue weighted by Crippen LogP contribution is -2.54. The first-order valence-electron chi connectivity index (χ1n) is 13.5. The van der Waals surface area contributed by atoms with Gasteiger partial charge in [0.25, 0.3) is 0 Å². The molecule has 1 unspecified atom stereocenters. The Morgan fingerprint density at radius 2 is 1.53 bits per heavy atom. The van der Waals surface area contributed by atoms with Crippen molar-refractivity contribution in [1.29, 1.82) is 0 Å². The van der Waals surface area contributed by atoms with E-state index in [4.69, 9.17) is 14.2 Å². The van der Waals surface area contributed by atoms with Crippen molar-refractivity contribution in [2.45, 2.75) is 111 Å². The van der Waals surface area contributed by atoms with Crippen LogP contribution in [0.3, 0.4) is 0 Å². The average molecular weight is 477 g/mol. The minimum absolute atomic E-state index is 0.104. The van der Waals surface area contributed by atoms with Gasteiger partial charge in [-0.05, 0) is 105 Å². The lowest BCUT2D eigenvalue weighted by Gasteiger charge is -2.61. The zero-order valence-corrected chi connectivity index (χ0v) is 21.8. The summed E-state index contributed by atoms with van der Waals surface area (Å²) in [5.41, 5.74) is 0.614. The molecule has 0 amide bonds. The first kappa shape index (κ1) is 25.5. The molecule has 0 aromatic heterocycles. The van der Waals surface area contributed by atoms with Crippen LogP contribution in [0.15, 0.2) is 0 Å². The lowest BCUT2D eigenvalue weighted by molar-refractivity contribution is -0.162. The Hall–Kier alpha value is -1.59. The molecule has 4 saturated carbocycles. The van der Waals surface area contributed by atoms with Crippen LogP contribution in [-0.4, -0.2) is 36.7 Å². The highest BCUT2D eigenvalue weighted by molar-refractivity contribution is 5.67. The van der Waals surface area contributed by atoms with Crippen LogP contribution in [0, 0.1) is 40.4 Å². The van der Waals surface area contributed by atoms with E-state index in [0.29, 0.717) is 23.2 Å². The van der Waals surface area contributed by atoms with Crippen molar-refractivity contribution in [2.24, 2.45) is 40.4 Å². The van der Waals surface area contributed by atoms with Crippen molar-refractivity contribution in [3.8, 4) is 0 Å². The first-order chi connectivity index (χ1) is 16.0. The van der Waals surface area contributed by atoms with Crippen LogP contribution in [0.1, 0.15) is 98.8 Å². The fourth-order valence-corrected chi connectivity index (χ4v) is 8.97. The molecular formula is C28H44O6. The monoisotopic (exact) mass is 476 g/mol. The number of esters is 3. The Bertz CT molecular complexity index is 794. The van der Waals surface area contributed by atoms with E-state index in [-0.39, 0.29) is 42.1 Å². The molecule has 34 heavy (non-hydrogen) atoms. The Balaban J connectivity index is 1.45. The molecule has 0 aliphatic heterocycles. The van der Waals surface area contributed by atoms with Gasteiger partial charge in [0.15, 0.2) is 0 Å². The second-order valence-electron chi connectivity index (χ2n) is 12.3. The summed E-state index contributed by atoms with van der Waals surface area (Å²) in [5.74, 6) is 2.59. The van der Waals surface area contributed by atoms with Crippen molar-refractivity contribution >= 4 is 17.9 Å². The Morgan fingerprint density at radius 1 is 0.824 bits per heavy atom. The summed E-state index contributed by atoms with van der Waals surface area (Å²) in [6.07, 6.45) is 11.2. The molecule has 9 atom stereocenters. The molecule has 192 valence electrons. The molecule has 0 spiro atoms. The molecule has 0 heterocycles. The van der Waals surface area contributed by atoms with Gasteiger partial charge in [-0.15, -0.1) is 0 Å². The fourth-order valence-electron chi connectivity index (χ4n) is 8.97. The highest BCUT2D eigenvalue weighted by Crippen LogP contribution is 2.68. The normalized spacial score (nSPS) is 41.9. The summed E-state index contributed by atoms with van der Waals surface area (Å²) in [5, 5.41) is 0. The zero-order chi connectivity index (χ0) is 24.7. The van der Waals surface area contributed by atoms with Crippen LogP contribution in [0.4, 0.5) is 0 Å². The first-order valence-corrected chi connectivity index (χ1v) is 13.5. The molecule has 0 saturated heterocycles. The van der Waals surface area contributed by atoms with Crippen LogP contribution < -0.4 is 0 Å². The van der Waals surface area contributed by atoms with Crippen molar-refractivity contribution in [1.82, 2.24) is 0 Å². The van der Waals surface area contributed by atoms with Crippen molar-refractivity contribution < 1.29 is 28.6 Å². The minimum atomic E-state index is -0.357. The second kappa shape index (κ2) is 9.81. The van der Waals surface area contributed by atoms with Gasteiger partial charge in [0, 0.05) is 20.8 Å². The molecule has 0 radical (unpaired) electrons. The summed E-state index contributed by atoms with van der Waals surface area (Å²) in [7, 11) is 0. The SMILES string of the molecule is CC(=O)OCC(C[C@H]1CC[C@H]2[C@@H]3CC[C@H]4C[C@@H](OC(C)=O)CC[C@]4(C)[C@H]3CC[C@]12C)OC(C)=O. The number of carbonyl (C=O) groups excluding carboxylic acids is 3.